The molecule has 3 aromatic rings. The first-order chi connectivity index (χ1) is 32.9. The predicted octanol–water partition coefficient (Wildman–Crippen LogP) is 11.1. The molecule has 69 heavy (non-hydrogen) atoms. The zero-order valence-corrected chi connectivity index (χ0v) is 42.6. The summed E-state index contributed by atoms with van der Waals surface area (Å²) in [7, 11) is -4.04. The normalized spacial score (nSPS) is 11.9. The van der Waals surface area contributed by atoms with Crippen LogP contribution in [0, 0.1) is 0 Å². The molecule has 0 amide bonds. The molecule has 0 aliphatic rings. The molecule has 3 aromatic carbocycles. The Hall–Kier alpha value is -5.06. The fraction of sp³-hybridized carbons (Fsp3) is 0.519. The molecular formula is C52H82N3O13P. The first kappa shape index (κ1) is 63.9. The highest BCUT2D eigenvalue weighted by atomic mass is 31.2. The van der Waals surface area contributed by atoms with Crippen molar-refractivity contribution in [3.63, 3.8) is 0 Å². The van der Waals surface area contributed by atoms with E-state index >= 15 is 0 Å². The molecule has 0 heterocycles. The van der Waals surface area contributed by atoms with E-state index in [9.17, 15) is 28.9 Å². The smallest absolute Gasteiger partial charge is 0.325 e. The molecular weight excluding hydrogens is 906 g/mol. The summed E-state index contributed by atoms with van der Waals surface area (Å²) in [6, 6.07) is 28.9. The number of aryl methyl sites for hydroxylation is 2. The molecule has 0 radical (unpaired) electrons. The van der Waals surface area contributed by atoms with Gasteiger partial charge in [0, 0.05) is 26.3 Å². The molecule has 3 rings (SSSR count). The number of carboxylic acids is 3. The number of aliphatic carboxylic acids is 3. The molecule has 16 nitrogen and oxygen atoms in total. The van der Waals surface area contributed by atoms with Gasteiger partial charge in [0.1, 0.15) is 0 Å². The average Bonchev–Trinajstić information content (AvgIpc) is 3.32. The number of hydrogen-bond donors (Lipinski definition) is 6. The number of carbonyl (C=O) groups is 3. The van der Waals surface area contributed by atoms with Crippen molar-refractivity contribution in [1.29, 1.82) is 0 Å². The van der Waals surface area contributed by atoms with Crippen LogP contribution in [0.15, 0.2) is 110 Å². The van der Waals surface area contributed by atoms with Gasteiger partial charge in [0.25, 0.3) is 0 Å². The van der Waals surface area contributed by atoms with Gasteiger partial charge in [-0.25, -0.2) is 10.5 Å². The zero-order valence-electron chi connectivity index (χ0n) is 41.8. The number of nitrogens with zero attached hydrogens (tertiary/aromatic N) is 3. The maximum absolute atomic E-state index is 11.6. The molecule has 0 aromatic heterocycles. The summed E-state index contributed by atoms with van der Waals surface area (Å²) in [5.74, 6) is -5.04. The molecule has 2 unspecified atom stereocenters. The van der Waals surface area contributed by atoms with Crippen molar-refractivity contribution < 1.29 is 64.0 Å². The Morgan fingerprint density at radius 1 is 0.565 bits per heavy atom. The summed E-state index contributed by atoms with van der Waals surface area (Å²) in [6.45, 7) is 13.4. The fourth-order valence-corrected chi connectivity index (χ4v) is 7.33. The van der Waals surface area contributed by atoms with E-state index < -0.39 is 69.6 Å². The Balaban J connectivity index is 0.00000104. The van der Waals surface area contributed by atoms with Gasteiger partial charge < -0.3 is 34.5 Å². The van der Waals surface area contributed by atoms with Crippen molar-refractivity contribution in [3.05, 3.63) is 121 Å². The molecule has 2 atom stereocenters. The van der Waals surface area contributed by atoms with Gasteiger partial charge in [-0.3, -0.25) is 33.6 Å². The van der Waals surface area contributed by atoms with E-state index in [0.29, 0.717) is 0 Å². The second kappa shape index (κ2) is 39.8. The molecule has 0 fully saturated rings. The molecule has 17 heteroatoms. The maximum Gasteiger partial charge on any atom is 0.325 e. The third-order valence-corrected chi connectivity index (χ3v) is 11.0. The molecule has 0 saturated heterocycles. The van der Waals surface area contributed by atoms with E-state index in [1.807, 2.05) is 0 Å². The summed E-state index contributed by atoms with van der Waals surface area (Å²) in [5, 5.41) is 45.0. The van der Waals surface area contributed by atoms with Crippen molar-refractivity contribution >= 4 is 25.5 Å². The Kier molecular flexibility index (Phi) is 36.8. The molecule has 0 spiro atoms. The lowest BCUT2D eigenvalue weighted by molar-refractivity contribution is -0.257. The van der Waals surface area contributed by atoms with Crippen molar-refractivity contribution in [2.75, 3.05) is 52.5 Å². The van der Waals surface area contributed by atoms with Gasteiger partial charge in [0.15, 0.2) is 0 Å². The van der Waals surface area contributed by atoms with Crippen LogP contribution in [0.25, 0.3) is 11.1 Å². The molecule has 388 valence electrons. The number of unbranched alkanes of at least 4 members (excludes halogenated alkanes) is 9. The molecule has 0 aliphatic carbocycles. The van der Waals surface area contributed by atoms with Gasteiger partial charge in [-0.2, -0.15) is 0 Å². The Morgan fingerprint density at radius 3 is 1.41 bits per heavy atom. The van der Waals surface area contributed by atoms with Crippen molar-refractivity contribution in [2.24, 2.45) is 0 Å². The lowest BCUT2D eigenvalue weighted by atomic mass is 10.0. The average molecular weight is 988 g/mol. The number of carboxylic acid groups (broad SMARTS) is 3. The standard InChI is InChI=1S/C16H28N3O13P.C15H16.C12H18.C9H20/c1-11(31-26)19(12(2)32-27)13(10-30-33(3,28)29)6-17(7-14(20)21)4-5-18(8-15(22)23)9-16(24)25;1-2-6-13-9-11-15(12-10-13)14-7-4-3-5-8-14;1-2-3-4-6-9-12-10-7-5-8-11-12;1-3-5-7-9-8-6-4-2/h13,26-27H,1-2,4-10H2,3H3,(H,20,21)(H,22,23)(H,24,25)(H,28,29);3-5,7-12H,2,6H2,1H3;5,7-8,10-11H,2-4,6,9H2,1H3;3-9H2,1-2H3. The van der Waals surface area contributed by atoms with Crippen molar-refractivity contribution in [1.82, 2.24) is 14.7 Å². The Labute approximate surface area is 411 Å². The minimum absolute atomic E-state index is 0.168. The van der Waals surface area contributed by atoms with Gasteiger partial charge in [-0.1, -0.05) is 183 Å². The second-order valence-electron chi connectivity index (χ2n) is 16.6. The van der Waals surface area contributed by atoms with E-state index in [2.05, 4.69) is 136 Å². The largest absolute Gasteiger partial charge is 0.480 e. The quantitative estimate of drug-likeness (QED) is 0.0110. The summed E-state index contributed by atoms with van der Waals surface area (Å²) in [6.07, 6.45) is 19.0. The van der Waals surface area contributed by atoms with Crippen LogP contribution < -0.4 is 0 Å². The molecule has 0 bridgehead atoms. The number of benzene rings is 3. The highest BCUT2D eigenvalue weighted by Gasteiger charge is 2.31. The fourth-order valence-electron chi connectivity index (χ4n) is 6.89. The second-order valence-corrected chi connectivity index (χ2v) is 18.5. The topological polar surface area (TPSA) is 227 Å². The summed E-state index contributed by atoms with van der Waals surface area (Å²) in [4.78, 5) is 53.8. The number of hydrogen-bond acceptors (Lipinski definition) is 12. The predicted molar refractivity (Wildman–Crippen MR) is 273 cm³/mol. The minimum Gasteiger partial charge on any atom is -0.480 e. The van der Waals surface area contributed by atoms with Crippen LogP contribution in [0.2, 0.25) is 0 Å². The van der Waals surface area contributed by atoms with E-state index in [1.165, 1.54) is 117 Å². The maximum atomic E-state index is 11.6. The van der Waals surface area contributed by atoms with Gasteiger partial charge in [0.05, 0.1) is 32.3 Å². The highest BCUT2D eigenvalue weighted by Crippen LogP contribution is 2.37. The van der Waals surface area contributed by atoms with Crippen LogP contribution in [0.4, 0.5) is 0 Å². The van der Waals surface area contributed by atoms with Gasteiger partial charge >= 0.3 is 25.5 Å². The van der Waals surface area contributed by atoms with Gasteiger partial charge in [-0.15, -0.1) is 0 Å². The van der Waals surface area contributed by atoms with Gasteiger partial charge in [0.2, 0.25) is 11.8 Å². The Morgan fingerprint density at radius 2 is 0.971 bits per heavy atom. The van der Waals surface area contributed by atoms with Crippen molar-refractivity contribution in [3.8, 4) is 11.1 Å². The van der Waals surface area contributed by atoms with E-state index in [4.69, 9.17) is 25.3 Å². The lowest BCUT2D eigenvalue weighted by Gasteiger charge is -2.35. The highest BCUT2D eigenvalue weighted by molar-refractivity contribution is 7.51. The summed E-state index contributed by atoms with van der Waals surface area (Å²) in [5.41, 5.74) is 5.50. The molecule has 0 aliphatic heterocycles. The van der Waals surface area contributed by atoms with Gasteiger partial charge in [-0.05, 0) is 54.7 Å². The summed E-state index contributed by atoms with van der Waals surface area (Å²) < 4.78 is 16.5. The van der Waals surface area contributed by atoms with Crippen LogP contribution in [0.5, 0.6) is 0 Å². The van der Waals surface area contributed by atoms with Crippen LogP contribution >= 0.6 is 7.60 Å². The van der Waals surface area contributed by atoms with Crippen molar-refractivity contribution in [2.45, 2.75) is 124 Å². The lowest BCUT2D eigenvalue weighted by Crippen LogP contribution is -2.49. The van der Waals surface area contributed by atoms with Crippen LogP contribution in [0.1, 0.15) is 116 Å². The zero-order chi connectivity index (χ0) is 51.9. The van der Waals surface area contributed by atoms with Crippen LogP contribution in [0.3, 0.4) is 0 Å². The first-order valence-electron chi connectivity index (χ1n) is 24.0. The summed E-state index contributed by atoms with van der Waals surface area (Å²) >= 11 is 0. The van der Waals surface area contributed by atoms with E-state index in [-0.39, 0.29) is 19.6 Å². The monoisotopic (exact) mass is 988 g/mol. The van der Waals surface area contributed by atoms with Crippen LogP contribution in [-0.4, -0.2) is 122 Å². The minimum atomic E-state index is -4.04. The van der Waals surface area contributed by atoms with E-state index in [0.717, 1.165) is 16.5 Å². The third-order valence-electron chi connectivity index (χ3n) is 10.4. The first-order valence-corrected chi connectivity index (χ1v) is 26.0. The number of rotatable bonds is 33. The SMILES string of the molecule is C=C(OO)N(C(=C)OO)C(COP(C)(=O)O)CN(CCN(CC(=O)O)CC(=O)O)CC(=O)O.CCCCCCCCC.CCCCCCc1ccccc1.CCCc1ccc(-c2ccccc2)cc1. The Bertz CT molecular complexity index is 1830. The van der Waals surface area contributed by atoms with Crippen LogP contribution in [-0.2, 0) is 46.1 Å². The molecule has 0 saturated carbocycles. The van der Waals surface area contributed by atoms with E-state index in [1.54, 1.807) is 0 Å². The third kappa shape index (κ3) is 34.0. The molecule has 6 N–H and O–H groups in total.